The molecule has 0 aliphatic carbocycles. The van der Waals surface area contributed by atoms with Gasteiger partial charge in [0.25, 0.3) is 0 Å². The van der Waals surface area contributed by atoms with Crippen molar-refractivity contribution in [3.63, 3.8) is 0 Å². The standard InChI is InChI=1S/C18H18ClNO2/c19-14-15-6-8-17(9-7-15)21-12-10-20-11-13-22-18(20)16-4-2-1-3-5-16/h1-9,11,13,18H,10,12,14H2. The van der Waals surface area contributed by atoms with Gasteiger partial charge in [-0.2, -0.15) is 0 Å². The van der Waals surface area contributed by atoms with Crippen LogP contribution >= 0.6 is 11.6 Å². The number of alkyl halides is 1. The Balaban J connectivity index is 1.53. The quantitative estimate of drug-likeness (QED) is 0.742. The first-order valence-electron chi connectivity index (χ1n) is 7.27. The Morgan fingerprint density at radius 1 is 1.05 bits per heavy atom. The number of ether oxygens (including phenoxy) is 2. The van der Waals surface area contributed by atoms with Crippen molar-refractivity contribution in [1.29, 1.82) is 0 Å². The molecule has 2 aromatic carbocycles. The maximum atomic E-state index is 5.78. The summed E-state index contributed by atoms with van der Waals surface area (Å²) in [6.45, 7) is 1.35. The van der Waals surface area contributed by atoms with Crippen LogP contribution in [-0.4, -0.2) is 18.1 Å². The van der Waals surface area contributed by atoms with Gasteiger partial charge in [0.05, 0.1) is 6.54 Å². The topological polar surface area (TPSA) is 21.7 Å². The molecular formula is C18H18ClNO2. The number of halogens is 1. The van der Waals surface area contributed by atoms with E-state index in [0.29, 0.717) is 12.5 Å². The molecule has 0 amide bonds. The van der Waals surface area contributed by atoms with E-state index in [1.165, 1.54) is 0 Å². The number of rotatable bonds is 6. The highest BCUT2D eigenvalue weighted by molar-refractivity contribution is 6.17. The lowest BCUT2D eigenvalue weighted by Gasteiger charge is -2.24. The first-order valence-corrected chi connectivity index (χ1v) is 7.81. The minimum absolute atomic E-state index is 0.0663. The second kappa shape index (κ2) is 7.23. The summed E-state index contributed by atoms with van der Waals surface area (Å²) in [6, 6.07) is 18.0. The molecule has 0 spiro atoms. The molecule has 0 N–H and O–H groups in total. The van der Waals surface area contributed by atoms with E-state index in [0.717, 1.165) is 23.4 Å². The van der Waals surface area contributed by atoms with Gasteiger partial charge in [0.2, 0.25) is 0 Å². The van der Waals surface area contributed by atoms with E-state index in [9.17, 15) is 0 Å². The summed E-state index contributed by atoms with van der Waals surface area (Å²) in [6.07, 6.45) is 3.62. The van der Waals surface area contributed by atoms with Crippen molar-refractivity contribution >= 4 is 11.6 Å². The van der Waals surface area contributed by atoms with Crippen LogP contribution in [0.25, 0.3) is 0 Å². The predicted molar refractivity (Wildman–Crippen MR) is 87.6 cm³/mol. The molecule has 114 valence electrons. The van der Waals surface area contributed by atoms with Gasteiger partial charge in [-0.3, -0.25) is 0 Å². The SMILES string of the molecule is ClCc1ccc(OCCN2C=COC2c2ccccc2)cc1. The lowest BCUT2D eigenvalue weighted by atomic mass is 10.2. The van der Waals surface area contributed by atoms with Crippen molar-refractivity contribution in [3.8, 4) is 5.75 Å². The van der Waals surface area contributed by atoms with E-state index >= 15 is 0 Å². The molecule has 1 heterocycles. The van der Waals surface area contributed by atoms with Crippen molar-refractivity contribution in [2.45, 2.75) is 12.1 Å². The van der Waals surface area contributed by atoms with Crippen LogP contribution in [0.2, 0.25) is 0 Å². The number of benzene rings is 2. The third kappa shape index (κ3) is 3.55. The summed E-state index contributed by atoms with van der Waals surface area (Å²) < 4.78 is 11.4. The van der Waals surface area contributed by atoms with Gasteiger partial charge in [-0.05, 0) is 17.7 Å². The molecule has 22 heavy (non-hydrogen) atoms. The monoisotopic (exact) mass is 315 g/mol. The summed E-state index contributed by atoms with van der Waals surface area (Å²) in [5, 5.41) is 0. The highest BCUT2D eigenvalue weighted by Crippen LogP contribution is 2.27. The van der Waals surface area contributed by atoms with Gasteiger partial charge in [0.15, 0.2) is 6.23 Å². The molecule has 0 aromatic heterocycles. The van der Waals surface area contributed by atoms with Gasteiger partial charge in [-0.25, -0.2) is 0 Å². The van der Waals surface area contributed by atoms with Crippen molar-refractivity contribution in [3.05, 3.63) is 78.2 Å². The van der Waals surface area contributed by atoms with Crippen LogP contribution in [0.5, 0.6) is 5.75 Å². The number of hydrogen-bond donors (Lipinski definition) is 0. The van der Waals surface area contributed by atoms with Crippen LogP contribution in [-0.2, 0) is 10.6 Å². The molecule has 0 radical (unpaired) electrons. The lowest BCUT2D eigenvalue weighted by molar-refractivity contribution is 0.0490. The van der Waals surface area contributed by atoms with Crippen LogP contribution < -0.4 is 4.74 Å². The van der Waals surface area contributed by atoms with Crippen molar-refractivity contribution in [1.82, 2.24) is 4.90 Å². The second-order valence-electron chi connectivity index (χ2n) is 5.05. The summed E-state index contributed by atoms with van der Waals surface area (Å²) in [4.78, 5) is 2.13. The van der Waals surface area contributed by atoms with Crippen LogP contribution in [0.4, 0.5) is 0 Å². The zero-order valence-corrected chi connectivity index (χ0v) is 12.9. The minimum atomic E-state index is -0.0663. The first-order chi connectivity index (χ1) is 10.9. The van der Waals surface area contributed by atoms with Crippen LogP contribution in [0, 0.1) is 0 Å². The van der Waals surface area contributed by atoms with Crippen molar-refractivity contribution < 1.29 is 9.47 Å². The van der Waals surface area contributed by atoms with E-state index in [-0.39, 0.29) is 6.23 Å². The zero-order chi connectivity index (χ0) is 15.2. The molecule has 0 saturated carbocycles. The fraction of sp³-hybridized carbons (Fsp3) is 0.222. The highest BCUT2D eigenvalue weighted by atomic mass is 35.5. The average Bonchev–Trinajstić information content (AvgIpc) is 3.05. The van der Waals surface area contributed by atoms with Crippen molar-refractivity contribution in [2.75, 3.05) is 13.2 Å². The van der Waals surface area contributed by atoms with Gasteiger partial charge in [0, 0.05) is 17.6 Å². The molecule has 3 nitrogen and oxygen atoms in total. The Hall–Kier alpha value is -2.13. The van der Waals surface area contributed by atoms with Gasteiger partial charge < -0.3 is 14.4 Å². The van der Waals surface area contributed by atoms with E-state index < -0.39 is 0 Å². The maximum absolute atomic E-state index is 5.78. The number of nitrogens with zero attached hydrogens (tertiary/aromatic N) is 1. The molecule has 4 heteroatoms. The first kappa shape index (κ1) is 14.8. The average molecular weight is 316 g/mol. The van der Waals surface area contributed by atoms with Gasteiger partial charge in [-0.1, -0.05) is 42.5 Å². The molecule has 1 atom stereocenters. The Kier molecular flexibility index (Phi) is 4.86. The minimum Gasteiger partial charge on any atom is -0.492 e. The molecule has 1 aliphatic heterocycles. The molecule has 0 saturated heterocycles. The summed E-state index contributed by atoms with van der Waals surface area (Å²) >= 11 is 5.77. The maximum Gasteiger partial charge on any atom is 0.197 e. The summed E-state index contributed by atoms with van der Waals surface area (Å²) in [5.74, 6) is 1.38. The van der Waals surface area contributed by atoms with E-state index in [1.54, 1.807) is 6.26 Å². The van der Waals surface area contributed by atoms with Crippen LogP contribution in [0.15, 0.2) is 67.1 Å². The third-order valence-electron chi connectivity index (χ3n) is 3.54. The smallest absolute Gasteiger partial charge is 0.197 e. The van der Waals surface area contributed by atoms with Crippen molar-refractivity contribution in [2.24, 2.45) is 0 Å². The molecule has 0 bridgehead atoms. The van der Waals surface area contributed by atoms with E-state index in [2.05, 4.69) is 17.0 Å². The molecule has 1 unspecified atom stereocenters. The van der Waals surface area contributed by atoms with E-state index in [1.807, 2.05) is 48.7 Å². The van der Waals surface area contributed by atoms with Gasteiger partial charge in [-0.15, -0.1) is 11.6 Å². The highest BCUT2D eigenvalue weighted by Gasteiger charge is 2.21. The van der Waals surface area contributed by atoms with Crippen LogP contribution in [0.3, 0.4) is 0 Å². The molecular weight excluding hydrogens is 298 g/mol. The fourth-order valence-electron chi connectivity index (χ4n) is 2.37. The molecule has 1 aliphatic rings. The second-order valence-corrected chi connectivity index (χ2v) is 5.32. The largest absolute Gasteiger partial charge is 0.492 e. The normalized spacial score (nSPS) is 16.6. The molecule has 2 aromatic rings. The number of hydrogen-bond acceptors (Lipinski definition) is 3. The van der Waals surface area contributed by atoms with Gasteiger partial charge in [0.1, 0.15) is 18.6 Å². The summed E-state index contributed by atoms with van der Waals surface area (Å²) in [5.41, 5.74) is 2.23. The Labute approximate surface area is 135 Å². The summed E-state index contributed by atoms with van der Waals surface area (Å²) in [7, 11) is 0. The Morgan fingerprint density at radius 2 is 1.82 bits per heavy atom. The molecule has 3 rings (SSSR count). The van der Waals surface area contributed by atoms with E-state index in [4.69, 9.17) is 21.1 Å². The zero-order valence-electron chi connectivity index (χ0n) is 12.2. The van der Waals surface area contributed by atoms with Crippen LogP contribution in [0.1, 0.15) is 17.4 Å². The lowest BCUT2D eigenvalue weighted by Crippen LogP contribution is -2.25. The third-order valence-corrected chi connectivity index (χ3v) is 3.85. The van der Waals surface area contributed by atoms with Gasteiger partial charge >= 0.3 is 0 Å². The fourth-order valence-corrected chi connectivity index (χ4v) is 2.55. The Morgan fingerprint density at radius 3 is 2.55 bits per heavy atom. The predicted octanol–water partition coefficient (Wildman–Crippen LogP) is 4.31. The molecule has 0 fully saturated rings. The Bertz CT molecular complexity index is 613.